The van der Waals surface area contributed by atoms with Crippen LogP contribution in [0.4, 0.5) is 5.69 Å². The molecule has 0 saturated heterocycles. The number of benzene rings is 2. The summed E-state index contributed by atoms with van der Waals surface area (Å²) in [5.74, 6) is -1.04. The molecule has 5 heteroatoms. The van der Waals surface area contributed by atoms with Gasteiger partial charge in [0.15, 0.2) is 0 Å². The molecule has 0 fully saturated rings. The zero-order valence-corrected chi connectivity index (χ0v) is 12.1. The second kappa shape index (κ2) is 5.52. The fourth-order valence-electron chi connectivity index (χ4n) is 2.89. The number of hydrogen-bond acceptors (Lipinski definition) is 3. The van der Waals surface area contributed by atoms with Gasteiger partial charge in [0.05, 0.1) is 18.2 Å². The van der Waals surface area contributed by atoms with Gasteiger partial charge in [-0.15, -0.1) is 0 Å². The third-order valence-electron chi connectivity index (χ3n) is 3.85. The number of hydrazine groups is 1. The number of para-hydroxylation sites is 1. The van der Waals surface area contributed by atoms with E-state index in [0.29, 0.717) is 5.56 Å². The van der Waals surface area contributed by atoms with Gasteiger partial charge in [0.2, 0.25) is 0 Å². The molecule has 0 saturated carbocycles. The molecule has 1 unspecified atom stereocenters. The van der Waals surface area contributed by atoms with Crippen LogP contribution in [0.25, 0.3) is 0 Å². The van der Waals surface area contributed by atoms with Gasteiger partial charge in [-0.2, -0.15) is 0 Å². The molecule has 2 aromatic rings. The van der Waals surface area contributed by atoms with E-state index in [1.54, 1.807) is 24.2 Å². The summed E-state index contributed by atoms with van der Waals surface area (Å²) in [7, 11) is 1.67. The molecule has 1 N–H and O–H groups in total. The maximum Gasteiger partial charge on any atom is 0.305 e. The molecule has 2 aromatic carbocycles. The number of carboxylic acids is 1. The van der Waals surface area contributed by atoms with Crippen LogP contribution in [0.1, 0.15) is 28.4 Å². The zero-order chi connectivity index (χ0) is 15.7. The average molecular weight is 296 g/mol. The van der Waals surface area contributed by atoms with E-state index < -0.39 is 12.0 Å². The third-order valence-corrected chi connectivity index (χ3v) is 3.85. The summed E-state index contributed by atoms with van der Waals surface area (Å²) >= 11 is 0. The van der Waals surface area contributed by atoms with E-state index in [-0.39, 0.29) is 12.3 Å². The summed E-state index contributed by atoms with van der Waals surface area (Å²) in [6.07, 6.45) is -0.0798. The Labute approximate surface area is 128 Å². The fourth-order valence-corrected chi connectivity index (χ4v) is 2.89. The lowest BCUT2D eigenvalue weighted by Gasteiger charge is -2.44. The second-order valence-electron chi connectivity index (χ2n) is 5.21. The minimum atomic E-state index is -0.900. The normalized spacial score (nSPS) is 17.3. The summed E-state index contributed by atoms with van der Waals surface area (Å²) in [4.78, 5) is 23.9. The Bertz CT molecular complexity index is 715. The number of aliphatic carboxylic acids is 1. The van der Waals surface area contributed by atoms with Crippen molar-refractivity contribution in [1.29, 1.82) is 0 Å². The van der Waals surface area contributed by atoms with E-state index in [9.17, 15) is 14.7 Å². The largest absolute Gasteiger partial charge is 0.481 e. The highest BCUT2D eigenvalue weighted by molar-refractivity contribution is 5.98. The molecule has 3 rings (SSSR count). The van der Waals surface area contributed by atoms with Crippen molar-refractivity contribution >= 4 is 17.6 Å². The van der Waals surface area contributed by atoms with Gasteiger partial charge in [0, 0.05) is 12.6 Å². The molecule has 1 heterocycles. The van der Waals surface area contributed by atoms with Crippen molar-refractivity contribution in [2.24, 2.45) is 0 Å². The molecule has 0 radical (unpaired) electrons. The quantitative estimate of drug-likeness (QED) is 0.946. The van der Waals surface area contributed by atoms with E-state index in [1.165, 1.54) is 5.01 Å². The molecular formula is C17H16N2O3. The Hall–Kier alpha value is -2.82. The van der Waals surface area contributed by atoms with Crippen molar-refractivity contribution in [3.8, 4) is 0 Å². The van der Waals surface area contributed by atoms with E-state index in [1.807, 2.05) is 42.5 Å². The van der Waals surface area contributed by atoms with Crippen LogP contribution >= 0.6 is 0 Å². The Morgan fingerprint density at radius 3 is 2.41 bits per heavy atom. The molecule has 1 atom stereocenters. The predicted molar refractivity (Wildman–Crippen MR) is 82.5 cm³/mol. The molecule has 5 nitrogen and oxygen atoms in total. The van der Waals surface area contributed by atoms with Crippen LogP contribution in [0.3, 0.4) is 0 Å². The first-order chi connectivity index (χ1) is 10.6. The average Bonchev–Trinajstić information content (AvgIpc) is 2.53. The lowest BCUT2D eigenvalue weighted by atomic mass is 9.94. The van der Waals surface area contributed by atoms with Crippen LogP contribution in [-0.4, -0.2) is 29.0 Å². The van der Waals surface area contributed by atoms with Crippen molar-refractivity contribution in [2.75, 3.05) is 12.1 Å². The number of rotatable bonds is 3. The Morgan fingerprint density at radius 1 is 1.09 bits per heavy atom. The third kappa shape index (κ3) is 2.30. The number of carboxylic acid groups (broad SMARTS) is 1. The SMILES string of the molecule is CN1C(=O)c2ccccc2C(CC(=O)O)N1c1ccccc1. The number of carbonyl (C=O) groups is 2. The van der Waals surface area contributed by atoms with Gasteiger partial charge >= 0.3 is 5.97 Å². The van der Waals surface area contributed by atoms with Crippen molar-refractivity contribution in [3.63, 3.8) is 0 Å². The lowest BCUT2D eigenvalue weighted by molar-refractivity contribution is -0.137. The highest BCUT2D eigenvalue weighted by Gasteiger charge is 2.37. The number of fused-ring (bicyclic) bond motifs is 1. The Morgan fingerprint density at radius 2 is 1.73 bits per heavy atom. The van der Waals surface area contributed by atoms with Crippen molar-refractivity contribution in [2.45, 2.75) is 12.5 Å². The van der Waals surface area contributed by atoms with Gasteiger partial charge < -0.3 is 5.11 Å². The predicted octanol–water partition coefficient (Wildman–Crippen LogP) is 2.71. The first-order valence-electron chi connectivity index (χ1n) is 7.02. The molecular weight excluding hydrogens is 280 g/mol. The van der Waals surface area contributed by atoms with Gasteiger partial charge in [0.1, 0.15) is 0 Å². The monoisotopic (exact) mass is 296 g/mol. The maximum atomic E-state index is 12.6. The Kier molecular flexibility index (Phi) is 3.55. The number of hydrogen-bond donors (Lipinski definition) is 1. The van der Waals surface area contributed by atoms with E-state index >= 15 is 0 Å². The number of carbonyl (C=O) groups excluding carboxylic acids is 1. The molecule has 112 valence electrons. The molecule has 0 spiro atoms. The number of amides is 1. The standard InChI is InChI=1S/C17H16N2O3/c1-18-17(22)14-10-6-5-9-13(14)15(11-16(20)21)19(18)12-7-3-2-4-8-12/h2-10,15H,11H2,1H3,(H,20,21). The summed E-state index contributed by atoms with van der Waals surface area (Å²) in [6.45, 7) is 0. The fraction of sp³-hybridized carbons (Fsp3) is 0.176. The first kappa shape index (κ1) is 14.1. The summed E-state index contributed by atoms with van der Waals surface area (Å²) in [6, 6.07) is 16.1. The van der Waals surface area contributed by atoms with Crippen molar-refractivity contribution in [1.82, 2.24) is 5.01 Å². The van der Waals surface area contributed by atoms with Gasteiger partial charge in [-0.05, 0) is 23.8 Å². The molecule has 1 amide bonds. The topological polar surface area (TPSA) is 60.9 Å². The maximum absolute atomic E-state index is 12.6. The summed E-state index contributed by atoms with van der Waals surface area (Å²) in [5.41, 5.74) is 2.10. The highest BCUT2D eigenvalue weighted by Crippen LogP contribution is 2.37. The lowest BCUT2D eigenvalue weighted by Crippen LogP contribution is -2.51. The first-order valence-corrected chi connectivity index (χ1v) is 7.02. The molecule has 0 aliphatic carbocycles. The number of anilines is 1. The minimum Gasteiger partial charge on any atom is -0.481 e. The van der Waals surface area contributed by atoms with Gasteiger partial charge in [-0.3, -0.25) is 19.6 Å². The number of nitrogens with zero attached hydrogens (tertiary/aromatic N) is 2. The van der Waals surface area contributed by atoms with Gasteiger partial charge in [-0.25, -0.2) is 0 Å². The molecule has 0 bridgehead atoms. The summed E-state index contributed by atoms with van der Waals surface area (Å²) in [5, 5.41) is 12.5. The molecule has 1 aliphatic rings. The molecule has 0 aromatic heterocycles. The van der Waals surface area contributed by atoms with Crippen LogP contribution in [0.5, 0.6) is 0 Å². The summed E-state index contributed by atoms with van der Waals surface area (Å²) < 4.78 is 0. The highest BCUT2D eigenvalue weighted by atomic mass is 16.4. The van der Waals surface area contributed by atoms with E-state index in [0.717, 1.165) is 11.3 Å². The van der Waals surface area contributed by atoms with E-state index in [2.05, 4.69) is 0 Å². The van der Waals surface area contributed by atoms with Gasteiger partial charge in [-0.1, -0.05) is 36.4 Å². The van der Waals surface area contributed by atoms with Crippen LogP contribution in [-0.2, 0) is 4.79 Å². The smallest absolute Gasteiger partial charge is 0.305 e. The van der Waals surface area contributed by atoms with Crippen LogP contribution in [0.15, 0.2) is 54.6 Å². The molecule has 22 heavy (non-hydrogen) atoms. The van der Waals surface area contributed by atoms with Crippen LogP contribution in [0, 0.1) is 0 Å². The van der Waals surface area contributed by atoms with Crippen LogP contribution in [0.2, 0.25) is 0 Å². The van der Waals surface area contributed by atoms with Crippen LogP contribution < -0.4 is 5.01 Å². The minimum absolute atomic E-state index is 0.0798. The molecule has 1 aliphatic heterocycles. The van der Waals surface area contributed by atoms with E-state index in [4.69, 9.17) is 0 Å². The van der Waals surface area contributed by atoms with Gasteiger partial charge in [0.25, 0.3) is 5.91 Å². The second-order valence-corrected chi connectivity index (χ2v) is 5.21. The Balaban J connectivity index is 2.15. The van der Waals surface area contributed by atoms with Crippen molar-refractivity contribution in [3.05, 3.63) is 65.7 Å². The zero-order valence-electron chi connectivity index (χ0n) is 12.1. The van der Waals surface area contributed by atoms with Crippen molar-refractivity contribution < 1.29 is 14.7 Å².